The molecule has 0 saturated carbocycles. The molecule has 0 spiro atoms. The fraction of sp³-hybridized carbons (Fsp3) is 0.500. The second kappa shape index (κ2) is 9.00. The number of carboxylic acid groups (broad SMARTS) is 1. The Bertz CT molecular complexity index is 456. The predicted octanol–water partition coefficient (Wildman–Crippen LogP) is 2.85. The molecular weight excluding hydrogens is 270 g/mol. The van der Waals surface area contributed by atoms with Crippen LogP contribution < -0.4 is 10.1 Å². The Kier molecular flexibility index (Phi) is 7.29. The molecule has 0 radical (unpaired) electrons. The van der Waals surface area contributed by atoms with Crippen molar-refractivity contribution >= 4 is 11.9 Å². The van der Waals surface area contributed by atoms with Gasteiger partial charge in [-0.15, -0.1) is 0 Å². The minimum Gasteiger partial charge on any atom is -0.497 e. The van der Waals surface area contributed by atoms with Crippen LogP contribution in [0, 0.1) is 0 Å². The molecule has 0 bridgehead atoms. The lowest BCUT2D eigenvalue weighted by Crippen LogP contribution is -2.34. The van der Waals surface area contributed by atoms with Crippen molar-refractivity contribution in [2.75, 3.05) is 7.11 Å². The maximum Gasteiger partial charge on any atom is 0.303 e. The molecule has 1 unspecified atom stereocenters. The molecule has 1 rings (SSSR count). The second-order valence-electron chi connectivity index (χ2n) is 4.95. The number of ether oxygens (including phenoxy) is 1. The number of hydrogen-bond donors (Lipinski definition) is 2. The minimum absolute atomic E-state index is 0.0772. The molecule has 1 amide bonds. The lowest BCUT2D eigenvalue weighted by molar-refractivity contribution is -0.137. The molecule has 5 nitrogen and oxygen atoms in total. The number of hydrogen-bond acceptors (Lipinski definition) is 3. The molecule has 1 aromatic carbocycles. The first-order valence-corrected chi connectivity index (χ1v) is 7.23. The number of nitrogens with one attached hydrogen (secondary N) is 1. The zero-order valence-corrected chi connectivity index (χ0v) is 12.6. The number of rotatable bonds is 9. The summed E-state index contributed by atoms with van der Waals surface area (Å²) in [5.41, 5.74) is 0.597. The van der Waals surface area contributed by atoms with Crippen molar-refractivity contribution < 1.29 is 19.4 Å². The zero-order chi connectivity index (χ0) is 15.7. The Balaban J connectivity index is 2.43. The number of unbranched alkanes of at least 4 members (excludes halogenated alkanes) is 1. The maximum atomic E-state index is 12.1. The van der Waals surface area contributed by atoms with Crippen LogP contribution in [0.4, 0.5) is 0 Å². The summed E-state index contributed by atoms with van der Waals surface area (Å²) in [4.78, 5) is 22.6. The average Bonchev–Trinajstić information content (AvgIpc) is 2.49. The van der Waals surface area contributed by atoms with Crippen LogP contribution in [0.3, 0.4) is 0 Å². The third-order valence-corrected chi connectivity index (χ3v) is 3.37. The monoisotopic (exact) mass is 293 g/mol. The molecule has 21 heavy (non-hydrogen) atoms. The van der Waals surface area contributed by atoms with E-state index in [9.17, 15) is 9.59 Å². The number of carbonyl (C=O) groups excluding carboxylic acids is 1. The topological polar surface area (TPSA) is 75.6 Å². The summed E-state index contributed by atoms with van der Waals surface area (Å²) in [7, 11) is 1.58. The third-order valence-electron chi connectivity index (χ3n) is 3.37. The number of methoxy groups -OCH3 is 1. The Morgan fingerprint density at radius 1 is 1.24 bits per heavy atom. The quantitative estimate of drug-likeness (QED) is 0.686. The van der Waals surface area contributed by atoms with Crippen LogP contribution in [0.25, 0.3) is 0 Å². The van der Waals surface area contributed by atoms with Crippen LogP contribution in [-0.4, -0.2) is 30.1 Å². The van der Waals surface area contributed by atoms with E-state index in [1.807, 2.05) is 6.92 Å². The van der Waals surface area contributed by atoms with Crippen molar-refractivity contribution in [3.8, 4) is 5.75 Å². The standard InChI is InChI=1S/C16H23NO4/c1-3-13(6-4-5-7-15(18)19)17-16(20)12-8-10-14(21-2)11-9-12/h8-11,13H,3-7H2,1-2H3,(H,17,20)(H,18,19). The van der Waals surface area contributed by atoms with Crippen molar-refractivity contribution in [2.24, 2.45) is 0 Å². The highest BCUT2D eigenvalue weighted by Gasteiger charge is 2.12. The van der Waals surface area contributed by atoms with E-state index in [4.69, 9.17) is 9.84 Å². The summed E-state index contributed by atoms with van der Waals surface area (Å²) in [6, 6.07) is 7.04. The van der Waals surface area contributed by atoms with Gasteiger partial charge in [0.25, 0.3) is 5.91 Å². The number of aliphatic carboxylic acids is 1. The van der Waals surface area contributed by atoms with Gasteiger partial charge in [0.05, 0.1) is 7.11 Å². The van der Waals surface area contributed by atoms with Gasteiger partial charge >= 0.3 is 5.97 Å². The van der Waals surface area contributed by atoms with Gasteiger partial charge in [0.15, 0.2) is 0 Å². The van der Waals surface area contributed by atoms with Gasteiger partial charge < -0.3 is 15.2 Å². The Morgan fingerprint density at radius 2 is 1.90 bits per heavy atom. The van der Waals surface area contributed by atoms with E-state index < -0.39 is 5.97 Å². The van der Waals surface area contributed by atoms with Crippen LogP contribution in [-0.2, 0) is 4.79 Å². The largest absolute Gasteiger partial charge is 0.497 e. The first-order valence-electron chi connectivity index (χ1n) is 7.23. The van der Waals surface area contributed by atoms with E-state index in [1.54, 1.807) is 31.4 Å². The van der Waals surface area contributed by atoms with Crippen LogP contribution >= 0.6 is 0 Å². The Morgan fingerprint density at radius 3 is 2.43 bits per heavy atom. The molecule has 2 N–H and O–H groups in total. The number of benzene rings is 1. The zero-order valence-electron chi connectivity index (χ0n) is 12.6. The first kappa shape index (κ1) is 17.0. The molecule has 0 saturated heterocycles. The Labute approximate surface area is 125 Å². The van der Waals surface area contributed by atoms with Crippen molar-refractivity contribution in [3.63, 3.8) is 0 Å². The van der Waals surface area contributed by atoms with Gasteiger partial charge in [0.1, 0.15) is 5.75 Å². The SMILES string of the molecule is CCC(CCCCC(=O)O)NC(=O)c1ccc(OC)cc1. The summed E-state index contributed by atoms with van der Waals surface area (Å²) in [6.45, 7) is 2.01. The van der Waals surface area contributed by atoms with Crippen molar-refractivity contribution in [3.05, 3.63) is 29.8 Å². The van der Waals surface area contributed by atoms with E-state index in [1.165, 1.54) is 0 Å². The van der Waals surface area contributed by atoms with E-state index in [0.717, 1.165) is 19.3 Å². The van der Waals surface area contributed by atoms with Crippen LogP contribution in [0.5, 0.6) is 5.75 Å². The predicted molar refractivity (Wildman–Crippen MR) is 80.6 cm³/mol. The summed E-state index contributed by atoms with van der Waals surface area (Å²) in [6.07, 6.45) is 3.25. The first-order chi connectivity index (χ1) is 10.1. The highest BCUT2D eigenvalue weighted by Crippen LogP contribution is 2.12. The second-order valence-corrected chi connectivity index (χ2v) is 4.95. The molecule has 0 fully saturated rings. The molecule has 0 aliphatic heterocycles. The normalized spacial score (nSPS) is 11.7. The number of carboxylic acids is 1. The molecule has 1 aromatic rings. The lowest BCUT2D eigenvalue weighted by atomic mass is 10.1. The van der Waals surface area contributed by atoms with Crippen LogP contribution in [0.2, 0.25) is 0 Å². The summed E-state index contributed by atoms with van der Waals surface area (Å²) >= 11 is 0. The van der Waals surface area contributed by atoms with Gasteiger partial charge in [-0.05, 0) is 43.5 Å². The minimum atomic E-state index is -0.773. The van der Waals surface area contributed by atoms with Gasteiger partial charge in [0.2, 0.25) is 0 Å². The van der Waals surface area contributed by atoms with Crippen molar-refractivity contribution in [1.82, 2.24) is 5.32 Å². The fourth-order valence-corrected chi connectivity index (χ4v) is 2.06. The lowest BCUT2D eigenvalue weighted by Gasteiger charge is -2.17. The molecule has 5 heteroatoms. The van der Waals surface area contributed by atoms with E-state index in [-0.39, 0.29) is 18.4 Å². The van der Waals surface area contributed by atoms with Gasteiger partial charge in [0, 0.05) is 18.0 Å². The number of carbonyl (C=O) groups is 2. The van der Waals surface area contributed by atoms with Gasteiger partial charge in [-0.25, -0.2) is 0 Å². The number of amides is 1. The molecule has 0 aliphatic rings. The van der Waals surface area contributed by atoms with E-state index >= 15 is 0 Å². The van der Waals surface area contributed by atoms with Crippen LogP contribution in [0.1, 0.15) is 49.4 Å². The molecule has 0 aliphatic carbocycles. The summed E-state index contributed by atoms with van der Waals surface area (Å²) < 4.78 is 5.06. The molecule has 0 heterocycles. The smallest absolute Gasteiger partial charge is 0.303 e. The summed E-state index contributed by atoms with van der Waals surface area (Å²) in [5.74, 6) is -0.166. The Hall–Kier alpha value is -2.04. The van der Waals surface area contributed by atoms with E-state index in [2.05, 4.69) is 5.32 Å². The summed E-state index contributed by atoms with van der Waals surface area (Å²) in [5, 5.41) is 11.6. The van der Waals surface area contributed by atoms with E-state index in [0.29, 0.717) is 17.7 Å². The molecule has 116 valence electrons. The van der Waals surface area contributed by atoms with Gasteiger partial charge in [-0.1, -0.05) is 13.3 Å². The average molecular weight is 293 g/mol. The highest BCUT2D eigenvalue weighted by molar-refractivity contribution is 5.94. The van der Waals surface area contributed by atoms with Crippen molar-refractivity contribution in [1.29, 1.82) is 0 Å². The fourth-order valence-electron chi connectivity index (χ4n) is 2.06. The molecular formula is C16H23NO4. The molecule has 1 atom stereocenters. The maximum absolute atomic E-state index is 12.1. The van der Waals surface area contributed by atoms with Gasteiger partial charge in [-0.2, -0.15) is 0 Å². The third kappa shape index (κ3) is 6.29. The van der Waals surface area contributed by atoms with Crippen molar-refractivity contribution in [2.45, 2.75) is 45.1 Å². The highest BCUT2D eigenvalue weighted by atomic mass is 16.5. The van der Waals surface area contributed by atoms with Gasteiger partial charge in [-0.3, -0.25) is 9.59 Å². The van der Waals surface area contributed by atoms with Crippen LogP contribution in [0.15, 0.2) is 24.3 Å². The molecule has 0 aromatic heterocycles.